The zero-order valence-corrected chi connectivity index (χ0v) is 25.8. The molecule has 0 aliphatic carbocycles. The Morgan fingerprint density at radius 3 is 2.19 bits per heavy atom. The largest absolute Gasteiger partial charge is 0.465 e. The fourth-order valence-electron chi connectivity index (χ4n) is 5.32. The molecule has 0 radical (unpaired) electrons. The van der Waals surface area contributed by atoms with Crippen LogP contribution >= 0.6 is 0 Å². The maximum atomic E-state index is 13.1. The molecule has 1 saturated heterocycles. The third-order valence-corrected chi connectivity index (χ3v) is 9.53. The topological polar surface area (TPSA) is 99.3 Å². The van der Waals surface area contributed by atoms with Crippen LogP contribution in [-0.4, -0.2) is 76.0 Å². The summed E-state index contributed by atoms with van der Waals surface area (Å²) in [5.41, 5.74) is 2.75. The molecule has 0 unspecified atom stereocenters. The van der Waals surface area contributed by atoms with Gasteiger partial charge in [-0.15, -0.1) is 0 Å². The van der Waals surface area contributed by atoms with Gasteiger partial charge >= 0.3 is 12.0 Å². The highest BCUT2D eigenvalue weighted by molar-refractivity contribution is 7.89. The van der Waals surface area contributed by atoms with Gasteiger partial charge in [-0.25, -0.2) is 13.2 Å². The van der Waals surface area contributed by atoms with Crippen molar-refractivity contribution in [1.29, 1.82) is 0 Å². The number of nitrogens with one attached hydrogen (secondary N) is 1. The summed E-state index contributed by atoms with van der Waals surface area (Å²) in [4.78, 5) is 29.3. The van der Waals surface area contributed by atoms with Crippen LogP contribution in [0.2, 0.25) is 0 Å². The van der Waals surface area contributed by atoms with Crippen LogP contribution in [0.5, 0.6) is 0 Å². The van der Waals surface area contributed by atoms with Crippen molar-refractivity contribution in [3.05, 3.63) is 90.5 Å². The lowest BCUT2D eigenvalue weighted by atomic mass is 9.90. The first kappa shape index (κ1) is 32.2. The van der Waals surface area contributed by atoms with E-state index in [1.165, 1.54) is 7.05 Å². The molecule has 3 aromatic rings. The number of amides is 2. The van der Waals surface area contributed by atoms with Gasteiger partial charge in [0.2, 0.25) is 10.0 Å². The van der Waals surface area contributed by atoms with Crippen LogP contribution in [-0.2, 0) is 26.0 Å². The first-order valence-corrected chi connectivity index (χ1v) is 16.3. The molecule has 3 aromatic carbocycles. The van der Waals surface area contributed by atoms with Gasteiger partial charge in [-0.3, -0.25) is 9.69 Å². The molecule has 1 aliphatic heterocycles. The maximum absolute atomic E-state index is 13.1. The predicted octanol–water partition coefficient (Wildman–Crippen LogP) is 5.25. The van der Waals surface area contributed by atoms with E-state index in [1.807, 2.05) is 72.8 Å². The van der Waals surface area contributed by atoms with Gasteiger partial charge in [0, 0.05) is 25.0 Å². The van der Waals surface area contributed by atoms with Gasteiger partial charge < -0.3 is 15.0 Å². The van der Waals surface area contributed by atoms with Crippen LogP contribution in [0.3, 0.4) is 0 Å². The number of likely N-dealkylation sites (N-methyl/N-ethyl adjacent to an activating group) is 1. The fraction of sp³-hybridized carbons (Fsp3) is 0.394. The monoisotopic (exact) mass is 606 g/mol. The second kappa shape index (κ2) is 15.7. The normalized spacial score (nSPS) is 14.4. The lowest BCUT2D eigenvalue weighted by molar-refractivity contribution is -0.143. The Bertz CT molecular complexity index is 1410. The summed E-state index contributed by atoms with van der Waals surface area (Å²) in [5, 5.41) is 3.01. The number of nitrogens with zero attached hydrogens (tertiary/aromatic N) is 3. The zero-order valence-electron chi connectivity index (χ0n) is 25.0. The number of rotatable bonds is 13. The Balaban J connectivity index is 1.23. The Morgan fingerprint density at radius 1 is 0.930 bits per heavy atom. The van der Waals surface area contributed by atoms with E-state index in [0.29, 0.717) is 12.5 Å². The summed E-state index contributed by atoms with van der Waals surface area (Å²) in [6.07, 6.45) is 3.90. The fourth-order valence-corrected chi connectivity index (χ4v) is 6.43. The number of carbonyl (C=O) groups excluding carboxylic acids is 2. The molecule has 1 N–H and O–H groups in total. The number of carbonyl (C=O) groups is 2. The second-order valence-electron chi connectivity index (χ2n) is 10.8. The zero-order chi connectivity index (χ0) is 30.7. The summed E-state index contributed by atoms with van der Waals surface area (Å²) in [5.74, 6) is -0.0405. The van der Waals surface area contributed by atoms with E-state index < -0.39 is 16.0 Å². The number of ether oxygens (including phenoxy) is 1. The number of para-hydroxylation sites is 2. The molecule has 9 nitrogen and oxygen atoms in total. The highest BCUT2D eigenvalue weighted by atomic mass is 32.2. The molecule has 1 heterocycles. The Kier molecular flexibility index (Phi) is 11.7. The number of hydrogen-bond donors (Lipinski definition) is 1. The minimum absolute atomic E-state index is 0.138. The van der Waals surface area contributed by atoms with Gasteiger partial charge in [0.05, 0.1) is 11.5 Å². The molecule has 43 heavy (non-hydrogen) atoms. The van der Waals surface area contributed by atoms with Gasteiger partial charge in [0.15, 0.2) is 0 Å². The van der Waals surface area contributed by atoms with Gasteiger partial charge in [-0.1, -0.05) is 48.5 Å². The van der Waals surface area contributed by atoms with Crippen LogP contribution in [0.4, 0.5) is 16.2 Å². The highest BCUT2D eigenvalue weighted by Gasteiger charge is 2.24. The van der Waals surface area contributed by atoms with Crippen molar-refractivity contribution in [2.24, 2.45) is 5.92 Å². The summed E-state index contributed by atoms with van der Waals surface area (Å²) >= 11 is 0. The first-order valence-electron chi connectivity index (χ1n) is 14.9. The van der Waals surface area contributed by atoms with Gasteiger partial charge in [-0.05, 0) is 100 Å². The Morgan fingerprint density at radius 2 is 1.56 bits per heavy atom. The number of anilines is 2. The van der Waals surface area contributed by atoms with Crippen molar-refractivity contribution in [3.63, 3.8) is 0 Å². The quantitative estimate of drug-likeness (QED) is 0.267. The molecule has 4 rings (SSSR count). The van der Waals surface area contributed by atoms with E-state index >= 15 is 0 Å². The van der Waals surface area contributed by atoms with Crippen LogP contribution in [0, 0.1) is 5.92 Å². The number of piperidine rings is 1. The number of sulfonamides is 1. The SMILES string of the molecule is CCOC(=O)CN(C)S(=O)(=O)c1ccc(CC2CCN(CCCN(C(=O)Nc3ccccc3)c3ccccc3)CC2)cc1. The summed E-state index contributed by atoms with van der Waals surface area (Å²) in [6, 6.07) is 26.1. The Hall–Kier alpha value is -3.73. The van der Waals surface area contributed by atoms with Crippen molar-refractivity contribution in [2.45, 2.75) is 37.5 Å². The molecule has 0 saturated carbocycles. The van der Waals surface area contributed by atoms with E-state index in [2.05, 4.69) is 10.2 Å². The van der Waals surface area contributed by atoms with Crippen molar-refractivity contribution in [3.8, 4) is 0 Å². The van der Waals surface area contributed by atoms with E-state index in [9.17, 15) is 18.0 Å². The lowest BCUT2D eigenvalue weighted by Gasteiger charge is -2.32. The molecular formula is C33H42N4O5S. The standard InChI is InChI=1S/C33H42N4O5S/c1-3-42-32(38)26-35(2)43(40,41)31-17-15-27(16-18-31)25-28-19-23-36(24-20-28)21-10-22-37(30-13-8-5-9-14-30)33(39)34-29-11-6-4-7-12-29/h4-9,11-18,28H,3,10,19-26H2,1-2H3,(H,34,39). The molecule has 10 heteroatoms. The number of hydrogen-bond acceptors (Lipinski definition) is 6. The molecule has 230 valence electrons. The van der Waals surface area contributed by atoms with E-state index in [1.54, 1.807) is 24.0 Å². The van der Waals surface area contributed by atoms with Gasteiger partial charge in [-0.2, -0.15) is 4.31 Å². The second-order valence-corrected chi connectivity index (χ2v) is 12.9. The van der Waals surface area contributed by atoms with E-state index in [0.717, 1.165) is 66.6 Å². The third kappa shape index (κ3) is 9.38. The number of benzene rings is 3. The maximum Gasteiger partial charge on any atom is 0.326 e. The molecule has 1 aliphatic rings. The summed E-state index contributed by atoms with van der Waals surface area (Å²) in [7, 11) is -2.38. The molecular weight excluding hydrogens is 564 g/mol. The number of esters is 1. The van der Waals surface area contributed by atoms with Gasteiger partial charge in [0.1, 0.15) is 6.54 Å². The van der Waals surface area contributed by atoms with E-state index in [4.69, 9.17) is 4.74 Å². The average Bonchev–Trinajstić information content (AvgIpc) is 3.01. The van der Waals surface area contributed by atoms with Crippen molar-refractivity contribution < 1.29 is 22.7 Å². The minimum Gasteiger partial charge on any atom is -0.465 e. The Labute approximate surface area is 255 Å². The molecule has 2 amide bonds. The smallest absolute Gasteiger partial charge is 0.326 e. The number of urea groups is 1. The molecule has 0 atom stereocenters. The van der Waals surface area contributed by atoms with Crippen LogP contribution in [0.1, 0.15) is 31.7 Å². The summed E-state index contributed by atoms with van der Waals surface area (Å²) in [6.45, 7) is 5.11. The van der Waals surface area contributed by atoms with Crippen LogP contribution < -0.4 is 10.2 Å². The number of likely N-dealkylation sites (tertiary alicyclic amines) is 1. The van der Waals surface area contributed by atoms with Crippen molar-refractivity contribution >= 4 is 33.4 Å². The molecule has 0 bridgehead atoms. The first-order chi connectivity index (χ1) is 20.8. The van der Waals surface area contributed by atoms with Gasteiger partial charge in [0.25, 0.3) is 0 Å². The molecule has 1 fully saturated rings. The van der Waals surface area contributed by atoms with Crippen LogP contribution in [0.25, 0.3) is 0 Å². The summed E-state index contributed by atoms with van der Waals surface area (Å²) < 4.78 is 31.5. The molecule has 0 spiro atoms. The van der Waals surface area contributed by atoms with Crippen molar-refractivity contribution in [1.82, 2.24) is 9.21 Å². The molecule has 0 aromatic heterocycles. The van der Waals surface area contributed by atoms with Crippen LogP contribution in [0.15, 0.2) is 89.8 Å². The predicted molar refractivity (Wildman–Crippen MR) is 170 cm³/mol. The highest BCUT2D eigenvalue weighted by Crippen LogP contribution is 2.24. The van der Waals surface area contributed by atoms with Crippen molar-refractivity contribution in [2.75, 3.05) is 56.6 Å². The average molecular weight is 607 g/mol. The lowest BCUT2D eigenvalue weighted by Crippen LogP contribution is -2.39. The third-order valence-electron chi connectivity index (χ3n) is 7.71. The van der Waals surface area contributed by atoms with E-state index in [-0.39, 0.29) is 24.1 Å². The minimum atomic E-state index is -3.77.